The summed E-state index contributed by atoms with van der Waals surface area (Å²) in [5, 5.41) is 3.04. The molecule has 106 valence electrons. The molecular formula is C13H27N3O2. The van der Waals surface area contributed by atoms with Crippen molar-refractivity contribution in [1.82, 2.24) is 15.1 Å². The van der Waals surface area contributed by atoms with Crippen molar-refractivity contribution in [1.29, 1.82) is 0 Å². The number of esters is 1. The van der Waals surface area contributed by atoms with Gasteiger partial charge < -0.3 is 10.1 Å². The van der Waals surface area contributed by atoms with Gasteiger partial charge in [-0.25, -0.2) is 0 Å². The summed E-state index contributed by atoms with van der Waals surface area (Å²) in [7, 11) is 3.97. The number of rotatable bonds is 5. The highest BCUT2D eigenvalue weighted by Crippen LogP contribution is 2.13. The molecular weight excluding hydrogens is 230 g/mol. The lowest BCUT2D eigenvalue weighted by Gasteiger charge is -2.43. The highest BCUT2D eigenvalue weighted by Gasteiger charge is 2.29. The van der Waals surface area contributed by atoms with E-state index in [9.17, 15) is 4.79 Å². The lowest BCUT2D eigenvalue weighted by molar-refractivity contribution is -0.146. The molecule has 1 N–H and O–H groups in total. The second-order valence-corrected chi connectivity index (χ2v) is 5.18. The van der Waals surface area contributed by atoms with Crippen molar-refractivity contribution in [2.24, 2.45) is 0 Å². The monoisotopic (exact) mass is 257 g/mol. The molecule has 1 fully saturated rings. The summed E-state index contributed by atoms with van der Waals surface area (Å²) in [5.41, 5.74) is 0. The minimum absolute atomic E-state index is 0.153. The van der Waals surface area contributed by atoms with Crippen LogP contribution in [0.4, 0.5) is 0 Å². The molecule has 1 rings (SSSR count). The van der Waals surface area contributed by atoms with Crippen molar-refractivity contribution in [2.45, 2.75) is 38.9 Å². The Morgan fingerprint density at radius 1 is 1.39 bits per heavy atom. The summed E-state index contributed by atoms with van der Waals surface area (Å²) in [6.45, 7) is 9.44. The van der Waals surface area contributed by atoms with Crippen molar-refractivity contribution in [3.63, 3.8) is 0 Å². The van der Waals surface area contributed by atoms with Gasteiger partial charge in [-0.05, 0) is 34.9 Å². The van der Waals surface area contributed by atoms with E-state index in [1.807, 2.05) is 14.0 Å². The molecule has 3 unspecified atom stereocenters. The number of ether oxygens (including phenoxy) is 1. The molecule has 1 aliphatic rings. The van der Waals surface area contributed by atoms with Crippen molar-refractivity contribution in [2.75, 3.05) is 40.3 Å². The summed E-state index contributed by atoms with van der Waals surface area (Å²) in [5.74, 6) is -0.153. The third-order valence-corrected chi connectivity index (χ3v) is 3.80. The summed E-state index contributed by atoms with van der Waals surface area (Å²) >= 11 is 0. The fraction of sp³-hybridized carbons (Fsp3) is 0.923. The quantitative estimate of drug-likeness (QED) is 0.711. The van der Waals surface area contributed by atoms with E-state index in [0.717, 1.165) is 19.6 Å². The van der Waals surface area contributed by atoms with Gasteiger partial charge in [0.05, 0.1) is 6.61 Å². The molecule has 0 aromatic carbocycles. The van der Waals surface area contributed by atoms with Crippen LogP contribution in [0.2, 0.25) is 0 Å². The molecule has 0 amide bonds. The van der Waals surface area contributed by atoms with Gasteiger partial charge in [-0.1, -0.05) is 0 Å². The Labute approximate surface area is 110 Å². The van der Waals surface area contributed by atoms with E-state index < -0.39 is 0 Å². The van der Waals surface area contributed by atoms with Gasteiger partial charge >= 0.3 is 5.97 Å². The lowest BCUT2D eigenvalue weighted by atomic mass is 10.1. The van der Waals surface area contributed by atoms with Crippen LogP contribution in [0.3, 0.4) is 0 Å². The van der Waals surface area contributed by atoms with Crippen LogP contribution in [0.25, 0.3) is 0 Å². The van der Waals surface area contributed by atoms with Crippen LogP contribution in [0, 0.1) is 0 Å². The van der Waals surface area contributed by atoms with E-state index >= 15 is 0 Å². The van der Waals surface area contributed by atoms with Gasteiger partial charge in [-0.2, -0.15) is 0 Å². The van der Waals surface area contributed by atoms with Crippen molar-refractivity contribution >= 4 is 5.97 Å². The number of carbonyl (C=O) groups excluding carboxylic acids is 1. The number of nitrogens with one attached hydrogen (secondary N) is 1. The van der Waals surface area contributed by atoms with Crippen LogP contribution in [0.1, 0.15) is 20.8 Å². The smallest absolute Gasteiger partial charge is 0.324 e. The molecule has 0 radical (unpaired) electrons. The molecule has 1 heterocycles. The highest BCUT2D eigenvalue weighted by molar-refractivity contribution is 5.76. The number of likely N-dealkylation sites (N-methyl/N-ethyl adjacent to an activating group) is 2. The van der Waals surface area contributed by atoms with Gasteiger partial charge in [0, 0.05) is 31.7 Å². The minimum Gasteiger partial charge on any atom is -0.465 e. The Kier molecular flexibility index (Phi) is 6.05. The Hall–Kier alpha value is -0.650. The first-order valence-electron chi connectivity index (χ1n) is 6.77. The maximum atomic E-state index is 11.8. The van der Waals surface area contributed by atoms with Gasteiger partial charge in [0.2, 0.25) is 0 Å². The Bertz CT molecular complexity index is 261. The van der Waals surface area contributed by atoms with Gasteiger partial charge in [-0.15, -0.1) is 0 Å². The number of nitrogens with zero attached hydrogens (tertiary/aromatic N) is 2. The van der Waals surface area contributed by atoms with E-state index in [-0.39, 0.29) is 12.0 Å². The normalized spacial score (nSPS) is 28.1. The number of hydrogen-bond acceptors (Lipinski definition) is 5. The second kappa shape index (κ2) is 7.07. The SMILES string of the molecule is CCOC(=O)C(CN1CC(C)N(C)C(C)C1)NC. The average molecular weight is 257 g/mol. The maximum absolute atomic E-state index is 11.8. The van der Waals surface area contributed by atoms with Crippen LogP contribution in [0.5, 0.6) is 0 Å². The molecule has 5 heteroatoms. The molecule has 0 aliphatic carbocycles. The van der Waals surface area contributed by atoms with Crippen molar-refractivity contribution in [3.8, 4) is 0 Å². The van der Waals surface area contributed by atoms with E-state index in [1.165, 1.54) is 0 Å². The van der Waals surface area contributed by atoms with Gasteiger partial charge in [-0.3, -0.25) is 14.6 Å². The summed E-state index contributed by atoms with van der Waals surface area (Å²) in [4.78, 5) is 16.5. The minimum atomic E-state index is -0.229. The zero-order valence-corrected chi connectivity index (χ0v) is 12.3. The van der Waals surface area contributed by atoms with Crippen molar-refractivity contribution in [3.05, 3.63) is 0 Å². The highest BCUT2D eigenvalue weighted by atomic mass is 16.5. The maximum Gasteiger partial charge on any atom is 0.324 e. The van der Waals surface area contributed by atoms with E-state index in [0.29, 0.717) is 18.7 Å². The molecule has 3 atom stereocenters. The largest absolute Gasteiger partial charge is 0.465 e. The Balaban J connectivity index is 2.52. The Morgan fingerprint density at radius 2 is 1.94 bits per heavy atom. The molecule has 0 aromatic heterocycles. The first kappa shape index (κ1) is 15.4. The van der Waals surface area contributed by atoms with Gasteiger partial charge in [0.1, 0.15) is 6.04 Å². The first-order chi connectivity index (χ1) is 8.49. The molecule has 1 aliphatic heterocycles. The number of carbonyl (C=O) groups is 1. The molecule has 0 bridgehead atoms. The third-order valence-electron chi connectivity index (χ3n) is 3.80. The van der Waals surface area contributed by atoms with E-state index in [1.54, 1.807) is 0 Å². The Morgan fingerprint density at radius 3 is 2.39 bits per heavy atom. The van der Waals surface area contributed by atoms with E-state index in [4.69, 9.17) is 4.74 Å². The second-order valence-electron chi connectivity index (χ2n) is 5.18. The van der Waals surface area contributed by atoms with Crippen LogP contribution in [-0.4, -0.2) is 74.2 Å². The zero-order valence-electron chi connectivity index (χ0n) is 12.3. The molecule has 18 heavy (non-hydrogen) atoms. The van der Waals surface area contributed by atoms with Crippen LogP contribution in [-0.2, 0) is 9.53 Å². The third kappa shape index (κ3) is 3.93. The van der Waals surface area contributed by atoms with Crippen LogP contribution in [0.15, 0.2) is 0 Å². The average Bonchev–Trinajstić information content (AvgIpc) is 2.33. The molecule has 0 saturated carbocycles. The number of hydrogen-bond donors (Lipinski definition) is 1. The summed E-state index contributed by atoms with van der Waals surface area (Å²) in [6.07, 6.45) is 0. The summed E-state index contributed by atoms with van der Waals surface area (Å²) < 4.78 is 5.07. The fourth-order valence-corrected chi connectivity index (χ4v) is 2.45. The van der Waals surface area contributed by atoms with Crippen LogP contribution < -0.4 is 5.32 Å². The molecule has 0 spiro atoms. The van der Waals surface area contributed by atoms with Gasteiger partial charge in [0.25, 0.3) is 0 Å². The summed E-state index contributed by atoms with van der Waals surface area (Å²) in [6, 6.07) is 0.814. The lowest BCUT2D eigenvalue weighted by Crippen LogP contribution is -2.58. The predicted molar refractivity (Wildman–Crippen MR) is 72.6 cm³/mol. The fourth-order valence-electron chi connectivity index (χ4n) is 2.45. The molecule has 5 nitrogen and oxygen atoms in total. The van der Waals surface area contributed by atoms with Crippen LogP contribution >= 0.6 is 0 Å². The zero-order chi connectivity index (χ0) is 13.7. The van der Waals surface area contributed by atoms with Gasteiger partial charge in [0.15, 0.2) is 0 Å². The predicted octanol–water partition coefficient (Wildman–Crippen LogP) is 0.162. The first-order valence-corrected chi connectivity index (χ1v) is 6.77. The molecule has 1 saturated heterocycles. The van der Waals surface area contributed by atoms with E-state index in [2.05, 4.69) is 36.0 Å². The molecule has 0 aromatic rings. The topological polar surface area (TPSA) is 44.8 Å². The van der Waals surface area contributed by atoms with Crippen molar-refractivity contribution < 1.29 is 9.53 Å². The number of piperazine rings is 1. The standard InChI is InChI=1S/C13H27N3O2/c1-6-18-13(17)12(14-4)9-16-7-10(2)15(5)11(3)8-16/h10-12,14H,6-9H2,1-5H3.